The summed E-state index contributed by atoms with van der Waals surface area (Å²) >= 11 is 0. The summed E-state index contributed by atoms with van der Waals surface area (Å²) < 4.78 is 2.07. The summed E-state index contributed by atoms with van der Waals surface area (Å²) in [4.78, 5) is 6.61. The Morgan fingerprint density at radius 1 is 1.40 bits per heavy atom. The van der Waals surface area contributed by atoms with Crippen molar-refractivity contribution in [3.63, 3.8) is 0 Å². The van der Waals surface area contributed by atoms with Crippen LogP contribution in [-0.4, -0.2) is 34.6 Å². The van der Waals surface area contributed by atoms with Crippen molar-refractivity contribution in [2.45, 2.75) is 25.8 Å². The molecule has 0 unspecified atom stereocenters. The Morgan fingerprint density at radius 3 is 2.80 bits per heavy atom. The minimum atomic E-state index is 0.809. The van der Waals surface area contributed by atoms with Crippen molar-refractivity contribution in [3.05, 3.63) is 18.2 Å². The summed E-state index contributed by atoms with van der Waals surface area (Å²) in [6.07, 6.45) is 7.41. The fourth-order valence-corrected chi connectivity index (χ4v) is 1.57. The molecule has 1 aromatic heterocycles. The third kappa shape index (κ3) is 4.44. The van der Waals surface area contributed by atoms with Crippen LogP contribution in [0.15, 0.2) is 12.4 Å². The number of aryl methyl sites for hydroxylation is 1. The van der Waals surface area contributed by atoms with Crippen molar-refractivity contribution in [2.24, 2.45) is 12.8 Å². The van der Waals surface area contributed by atoms with E-state index in [-0.39, 0.29) is 0 Å². The lowest BCUT2D eigenvalue weighted by Gasteiger charge is -2.15. The zero-order valence-corrected chi connectivity index (χ0v) is 9.82. The van der Waals surface area contributed by atoms with E-state index in [9.17, 15) is 0 Å². The van der Waals surface area contributed by atoms with Gasteiger partial charge in [-0.05, 0) is 33.0 Å². The van der Waals surface area contributed by atoms with Gasteiger partial charge in [-0.1, -0.05) is 6.42 Å². The SMILES string of the molecule is CN(CCCCCN)Cc1nccn1C. The van der Waals surface area contributed by atoms with Crippen LogP contribution < -0.4 is 5.73 Å². The Kier molecular flexibility index (Phi) is 5.36. The van der Waals surface area contributed by atoms with Gasteiger partial charge in [0.1, 0.15) is 5.82 Å². The van der Waals surface area contributed by atoms with Crippen molar-refractivity contribution in [2.75, 3.05) is 20.1 Å². The van der Waals surface area contributed by atoms with Crippen LogP contribution in [0, 0.1) is 0 Å². The zero-order valence-electron chi connectivity index (χ0n) is 9.82. The summed E-state index contributed by atoms with van der Waals surface area (Å²) in [6.45, 7) is 2.85. The summed E-state index contributed by atoms with van der Waals surface area (Å²) in [7, 11) is 4.17. The van der Waals surface area contributed by atoms with Gasteiger partial charge in [0.2, 0.25) is 0 Å². The van der Waals surface area contributed by atoms with Gasteiger partial charge in [0.25, 0.3) is 0 Å². The maximum atomic E-state index is 5.45. The number of rotatable bonds is 7. The van der Waals surface area contributed by atoms with Crippen LogP contribution in [0.4, 0.5) is 0 Å². The number of nitrogens with two attached hydrogens (primary N) is 1. The third-order valence-electron chi connectivity index (χ3n) is 2.58. The van der Waals surface area contributed by atoms with Crippen LogP contribution >= 0.6 is 0 Å². The van der Waals surface area contributed by atoms with Gasteiger partial charge in [-0.3, -0.25) is 4.90 Å². The normalized spacial score (nSPS) is 11.2. The van der Waals surface area contributed by atoms with Gasteiger partial charge >= 0.3 is 0 Å². The molecule has 0 saturated heterocycles. The first kappa shape index (κ1) is 12.2. The minimum absolute atomic E-state index is 0.809. The zero-order chi connectivity index (χ0) is 11.1. The standard InChI is InChI=1S/C11H22N4/c1-14(8-5-3-4-6-12)10-11-13-7-9-15(11)2/h7,9H,3-6,8,10,12H2,1-2H3. The molecule has 0 radical (unpaired) electrons. The molecule has 86 valence electrons. The van der Waals surface area contributed by atoms with Crippen molar-refractivity contribution in [3.8, 4) is 0 Å². The number of hydrogen-bond acceptors (Lipinski definition) is 3. The van der Waals surface area contributed by atoms with Crippen LogP contribution in [0.1, 0.15) is 25.1 Å². The third-order valence-corrected chi connectivity index (χ3v) is 2.58. The average Bonchev–Trinajstić information content (AvgIpc) is 2.59. The Hall–Kier alpha value is -0.870. The number of aromatic nitrogens is 2. The molecule has 15 heavy (non-hydrogen) atoms. The lowest BCUT2D eigenvalue weighted by Crippen LogP contribution is -2.21. The van der Waals surface area contributed by atoms with Gasteiger partial charge in [-0.2, -0.15) is 0 Å². The highest BCUT2D eigenvalue weighted by Crippen LogP contribution is 2.02. The van der Waals surface area contributed by atoms with E-state index < -0.39 is 0 Å². The summed E-state index contributed by atoms with van der Waals surface area (Å²) in [6, 6.07) is 0. The van der Waals surface area contributed by atoms with E-state index in [0.717, 1.165) is 31.9 Å². The van der Waals surface area contributed by atoms with Gasteiger partial charge in [-0.15, -0.1) is 0 Å². The van der Waals surface area contributed by atoms with Crippen LogP contribution in [0.25, 0.3) is 0 Å². The Bertz CT molecular complexity index is 269. The van der Waals surface area contributed by atoms with E-state index in [1.165, 1.54) is 12.8 Å². The monoisotopic (exact) mass is 210 g/mol. The lowest BCUT2D eigenvalue weighted by atomic mass is 10.2. The quantitative estimate of drug-likeness (QED) is 0.682. The first-order chi connectivity index (χ1) is 7.24. The second-order valence-electron chi connectivity index (χ2n) is 4.04. The average molecular weight is 210 g/mol. The molecule has 0 aliphatic heterocycles. The van der Waals surface area contributed by atoms with Gasteiger partial charge in [0.15, 0.2) is 0 Å². The first-order valence-electron chi connectivity index (χ1n) is 5.59. The molecule has 1 aromatic rings. The van der Waals surface area contributed by atoms with Gasteiger partial charge < -0.3 is 10.3 Å². The number of nitrogens with zero attached hydrogens (tertiary/aromatic N) is 3. The molecule has 0 fully saturated rings. The van der Waals surface area contributed by atoms with Crippen LogP contribution in [-0.2, 0) is 13.6 Å². The van der Waals surface area contributed by atoms with Gasteiger partial charge in [0.05, 0.1) is 6.54 Å². The summed E-state index contributed by atoms with van der Waals surface area (Å²) in [5, 5.41) is 0. The predicted molar refractivity (Wildman–Crippen MR) is 62.4 cm³/mol. The van der Waals surface area contributed by atoms with Crippen molar-refractivity contribution in [1.82, 2.24) is 14.5 Å². The number of imidazole rings is 1. The molecule has 0 amide bonds. The second-order valence-corrected chi connectivity index (χ2v) is 4.04. The van der Waals surface area contributed by atoms with Gasteiger partial charge in [-0.25, -0.2) is 4.98 Å². The Balaban J connectivity index is 2.18. The molecule has 4 nitrogen and oxygen atoms in total. The predicted octanol–water partition coefficient (Wildman–Crippen LogP) is 0.981. The maximum Gasteiger partial charge on any atom is 0.122 e. The molecule has 0 spiro atoms. The number of unbranched alkanes of at least 4 members (excludes halogenated alkanes) is 2. The highest BCUT2D eigenvalue weighted by atomic mass is 15.1. The molecule has 1 rings (SSSR count). The van der Waals surface area contributed by atoms with E-state index in [2.05, 4.69) is 21.5 Å². The van der Waals surface area contributed by atoms with E-state index in [1.807, 2.05) is 19.4 Å². The summed E-state index contributed by atoms with van der Waals surface area (Å²) in [5.41, 5.74) is 5.45. The van der Waals surface area contributed by atoms with Crippen molar-refractivity contribution >= 4 is 0 Å². The first-order valence-corrected chi connectivity index (χ1v) is 5.59. The van der Waals surface area contributed by atoms with E-state index in [1.54, 1.807) is 0 Å². The Labute approximate surface area is 92.1 Å². The maximum absolute atomic E-state index is 5.45. The smallest absolute Gasteiger partial charge is 0.122 e. The topological polar surface area (TPSA) is 47.1 Å². The molecule has 0 aliphatic carbocycles. The van der Waals surface area contributed by atoms with Crippen molar-refractivity contribution < 1.29 is 0 Å². The second kappa shape index (κ2) is 6.58. The van der Waals surface area contributed by atoms with E-state index in [4.69, 9.17) is 5.73 Å². The van der Waals surface area contributed by atoms with Crippen LogP contribution in [0.2, 0.25) is 0 Å². The molecule has 1 heterocycles. The van der Waals surface area contributed by atoms with Crippen LogP contribution in [0.3, 0.4) is 0 Å². The number of hydrogen-bond donors (Lipinski definition) is 1. The molecule has 0 atom stereocenters. The molecule has 0 aliphatic rings. The molecule has 2 N–H and O–H groups in total. The fraction of sp³-hybridized carbons (Fsp3) is 0.727. The molecular formula is C11H22N4. The lowest BCUT2D eigenvalue weighted by molar-refractivity contribution is 0.306. The van der Waals surface area contributed by atoms with E-state index >= 15 is 0 Å². The highest BCUT2D eigenvalue weighted by molar-refractivity contribution is 4.90. The minimum Gasteiger partial charge on any atom is -0.337 e. The molecule has 0 aromatic carbocycles. The Morgan fingerprint density at radius 2 is 2.20 bits per heavy atom. The van der Waals surface area contributed by atoms with E-state index in [0.29, 0.717) is 0 Å². The van der Waals surface area contributed by atoms with Crippen molar-refractivity contribution in [1.29, 1.82) is 0 Å². The highest BCUT2D eigenvalue weighted by Gasteiger charge is 2.03. The largest absolute Gasteiger partial charge is 0.337 e. The van der Waals surface area contributed by atoms with Crippen LogP contribution in [0.5, 0.6) is 0 Å². The molecular weight excluding hydrogens is 188 g/mol. The van der Waals surface area contributed by atoms with Gasteiger partial charge in [0, 0.05) is 19.4 Å². The fourth-order valence-electron chi connectivity index (χ4n) is 1.57. The molecule has 4 heteroatoms. The summed E-state index contributed by atoms with van der Waals surface area (Å²) in [5.74, 6) is 1.12. The molecule has 0 saturated carbocycles. The molecule has 0 bridgehead atoms.